The van der Waals surface area contributed by atoms with Gasteiger partial charge in [-0.1, -0.05) is 0 Å². The molecule has 272 valence electrons. The van der Waals surface area contributed by atoms with Crippen LogP contribution in [0.2, 0.25) is 0 Å². The first-order valence-electron chi connectivity index (χ1n) is 16.4. The van der Waals surface area contributed by atoms with E-state index in [1.807, 2.05) is 14.7 Å². The minimum absolute atomic E-state index is 0.118. The summed E-state index contributed by atoms with van der Waals surface area (Å²) in [6.07, 6.45) is 2.19. The van der Waals surface area contributed by atoms with Crippen LogP contribution in [0.5, 0.6) is 0 Å². The number of hydrogen-bond acceptors (Lipinski definition) is 13. The molecule has 0 aromatic rings. The molecule has 0 fully saturated rings. The van der Waals surface area contributed by atoms with Crippen molar-refractivity contribution in [2.24, 2.45) is 22.9 Å². The minimum atomic E-state index is -0.214. The van der Waals surface area contributed by atoms with Crippen molar-refractivity contribution < 1.29 is 28.8 Å². The van der Waals surface area contributed by atoms with E-state index in [-0.39, 0.29) is 68.3 Å². The SMILES string of the molecule is NCCNC(=O)CCN(CCC=O)CCNC(=O)CCN(CCN)CCC(=O)NCN(CCC(=O)NCCN)CCC(=O)NCCN. The van der Waals surface area contributed by atoms with Crippen LogP contribution in [0.15, 0.2) is 0 Å². The Morgan fingerprint density at radius 1 is 0.426 bits per heavy atom. The van der Waals surface area contributed by atoms with Gasteiger partial charge in [0.1, 0.15) is 6.29 Å². The third-order valence-corrected chi connectivity index (χ3v) is 6.93. The molecule has 0 saturated carbocycles. The number of nitrogens with one attached hydrogen (secondary N) is 5. The van der Waals surface area contributed by atoms with E-state index in [4.69, 9.17) is 22.9 Å². The number of hydrogen-bond donors (Lipinski definition) is 9. The molecule has 0 unspecified atom stereocenters. The summed E-state index contributed by atoms with van der Waals surface area (Å²) in [4.78, 5) is 77.6. The summed E-state index contributed by atoms with van der Waals surface area (Å²) in [5.74, 6) is -0.825. The van der Waals surface area contributed by atoms with Gasteiger partial charge in [0, 0.05) is 143 Å². The summed E-state index contributed by atoms with van der Waals surface area (Å²) in [6, 6.07) is 0. The lowest BCUT2D eigenvalue weighted by Crippen LogP contribution is -2.43. The van der Waals surface area contributed by atoms with Gasteiger partial charge in [-0.05, 0) is 0 Å². The van der Waals surface area contributed by atoms with Gasteiger partial charge < -0.3 is 64.1 Å². The number of nitrogens with two attached hydrogens (primary N) is 4. The quantitative estimate of drug-likeness (QED) is 0.0246. The van der Waals surface area contributed by atoms with Crippen LogP contribution < -0.4 is 49.5 Å². The van der Waals surface area contributed by atoms with E-state index < -0.39 is 0 Å². The van der Waals surface area contributed by atoms with E-state index in [1.54, 1.807) is 0 Å². The molecule has 18 nitrogen and oxygen atoms in total. The second-order valence-electron chi connectivity index (χ2n) is 10.8. The Kier molecular flexibility index (Phi) is 28.0. The predicted octanol–water partition coefficient (Wildman–Crippen LogP) is -5.19. The van der Waals surface area contributed by atoms with Gasteiger partial charge in [0.15, 0.2) is 0 Å². The highest BCUT2D eigenvalue weighted by atomic mass is 16.2. The van der Waals surface area contributed by atoms with E-state index in [0.29, 0.717) is 111 Å². The minimum Gasteiger partial charge on any atom is -0.355 e. The van der Waals surface area contributed by atoms with Crippen LogP contribution in [0, 0.1) is 0 Å². The fourth-order valence-electron chi connectivity index (χ4n) is 4.29. The van der Waals surface area contributed by atoms with E-state index in [0.717, 1.165) is 6.29 Å². The van der Waals surface area contributed by atoms with Crippen LogP contribution in [-0.2, 0) is 28.8 Å². The topological polar surface area (TPSA) is 276 Å². The molecule has 47 heavy (non-hydrogen) atoms. The predicted molar refractivity (Wildman–Crippen MR) is 179 cm³/mol. The van der Waals surface area contributed by atoms with Gasteiger partial charge in [0.05, 0.1) is 6.67 Å². The first-order valence-corrected chi connectivity index (χ1v) is 16.4. The average Bonchev–Trinajstić information content (AvgIpc) is 3.06. The fourth-order valence-corrected chi connectivity index (χ4v) is 4.29. The van der Waals surface area contributed by atoms with Crippen molar-refractivity contribution >= 4 is 35.8 Å². The lowest BCUT2D eigenvalue weighted by atomic mass is 10.3. The molecule has 0 aromatic carbocycles. The van der Waals surface area contributed by atoms with Gasteiger partial charge in [-0.3, -0.25) is 28.9 Å². The number of rotatable bonds is 31. The second-order valence-corrected chi connectivity index (χ2v) is 10.8. The number of carbonyl (C=O) groups is 6. The maximum Gasteiger partial charge on any atom is 0.222 e. The molecular formula is C29H60N12O6. The molecule has 0 atom stereocenters. The zero-order valence-corrected chi connectivity index (χ0v) is 27.9. The largest absolute Gasteiger partial charge is 0.355 e. The van der Waals surface area contributed by atoms with Crippen molar-refractivity contribution in [2.45, 2.75) is 38.5 Å². The zero-order valence-electron chi connectivity index (χ0n) is 27.9. The van der Waals surface area contributed by atoms with Gasteiger partial charge in [0.25, 0.3) is 0 Å². The number of carbonyl (C=O) groups excluding carboxylic acids is 6. The summed E-state index contributed by atoms with van der Waals surface area (Å²) in [5, 5.41) is 13.8. The highest BCUT2D eigenvalue weighted by Gasteiger charge is 2.15. The van der Waals surface area contributed by atoms with Crippen molar-refractivity contribution in [3.8, 4) is 0 Å². The molecule has 0 spiro atoms. The molecule has 0 heterocycles. The molecule has 13 N–H and O–H groups in total. The van der Waals surface area contributed by atoms with Crippen LogP contribution in [-0.4, -0.2) is 162 Å². The van der Waals surface area contributed by atoms with Crippen LogP contribution in [0.3, 0.4) is 0 Å². The van der Waals surface area contributed by atoms with Gasteiger partial charge in [-0.15, -0.1) is 0 Å². The Morgan fingerprint density at radius 3 is 1.17 bits per heavy atom. The first kappa shape index (κ1) is 43.7. The molecule has 18 heteroatoms. The fraction of sp³-hybridized carbons (Fsp3) is 0.793. The monoisotopic (exact) mass is 672 g/mol. The summed E-state index contributed by atoms with van der Waals surface area (Å²) >= 11 is 0. The molecule has 0 saturated heterocycles. The van der Waals surface area contributed by atoms with Crippen LogP contribution in [0.1, 0.15) is 38.5 Å². The van der Waals surface area contributed by atoms with E-state index in [9.17, 15) is 28.8 Å². The highest BCUT2D eigenvalue weighted by molar-refractivity contribution is 5.78. The van der Waals surface area contributed by atoms with E-state index >= 15 is 0 Å². The Hall–Kier alpha value is -3.26. The van der Waals surface area contributed by atoms with Crippen molar-refractivity contribution in [3.05, 3.63) is 0 Å². The third kappa shape index (κ3) is 26.5. The molecule has 0 aliphatic heterocycles. The lowest BCUT2D eigenvalue weighted by Gasteiger charge is -2.24. The smallest absolute Gasteiger partial charge is 0.222 e. The number of amides is 5. The van der Waals surface area contributed by atoms with Crippen LogP contribution >= 0.6 is 0 Å². The van der Waals surface area contributed by atoms with Crippen LogP contribution in [0.25, 0.3) is 0 Å². The molecule has 0 aliphatic rings. The highest BCUT2D eigenvalue weighted by Crippen LogP contribution is 1.98. The molecule has 0 radical (unpaired) electrons. The average molecular weight is 673 g/mol. The van der Waals surface area contributed by atoms with Crippen LogP contribution in [0.4, 0.5) is 0 Å². The summed E-state index contributed by atoms with van der Waals surface area (Å²) in [5.41, 5.74) is 22.0. The Bertz CT molecular complexity index is 874. The van der Waals surface area contributed by atoms with Gasteiger partial charge in [-0.25, -0.2) is 0 Å². The Balaban J connectivity index is 4.68. The number of nitrogens with zero attached hydrogens (tertiary/aromatic N) is 3. The molecule has 0 bridgehead atoms. The van der Waals surface area contributed by atoms with Gasteiger partial charge >= 0.3 is 0 Å². The molecule has 5 amide bonds. The zero-order chi connectivity index (χ0) is 35.1. The van der Waals surface area contributed by atoms with Crippen molar-refractivity contribution in [2.75, 3.05) is 111 Å². The standard InChI is InChI=1S/C29H60N12O6/c30-7-11-34-25(43)2-16-39(15-1-23-42)22-14-37-28(46)3-17-40(21-10-33)18-4-29(47)38-24-41(19-5-26(44)35-12-8-31)20-6-27(45)36-13-9-32/h23H,1-22,24,30-33H2,(H,34,43)(H,35,44)(H,36,45)(H,37,46)(H,38,47). The van der Waals surface area contributed by atoms with Crippen molar-refractivity contribution in [1.82, 2.24) is 41.3 Å². The Morgan fingerprint density at radius 2 is 0.787 bits per heavy atom. The van der Waals surface area contributed by atoms with E-state index in [1.165, 1.54) is 0 Å². The maximum atomic E-state index is 12.7. The van der Waals surface area contributed by atoms with Crippen molar-refractivity contribution in [3.63, 3.8) is 0 Å². The molecule has 0 rings (SSSR count). The normalized spacial score (nSPS) is 11.0. The Labute approximate surface area is 278 Å². The van der Waals surface area contributed by atoms with Gasteiger partial charge in [0.2, 0.25) is 29.5 Å². The molecule has 0 aromatic heterocycles. The first-order chi connectivity index (χ1) is 22.7. The second kappa shape index (κ2) is 30.1. The van der Waals surface area contributed by atoms with Gasteiger partial charge in [-0.2, -0.15) is 0 Å². The summed E-state index contributed by atoms with van der Waals surface area (Å²) < 4.78 is 0. The number of aldehydes is 1. The van der Waals surface area contributed by atoms with Crippen molar-refractivity contribution in [1.29, 1.82) is 0 Å². The molecular weight excluding hydrogens is 612 g/mol. The summed E-state index contributed by atoms with van der Waals surface area (Å²) in [7, 11) is 0. The maximum absolute atomic E-state index is 12.7. The van der Waals surface area contributed by atoms with E-state index in [2.05, 4.69) is 26.6 Å². The lowest BCUT2D eigenvalue weighted by molar-refractivity contribution is -0.123. The third-order valence-electron chi connectivity index (χ3n) is 6.93. The molecule has 0 aliphatic carbocycles. The summed E-state index contributed by atoms with van der Waals surface area (Å²) in [6.45, 7) is 6.49.